The van der Waals surface area contributed by atoms with Crippen LogP contribution in [0.2, 0.25) is 0 Å². The van der Waals surface area contributed by atoms with Crippen molar-refractivity contribution in [2.45, 2.75) is 44.7 Å². The molecule has 19 heavy (non-hydrogen) atoms. The van der Waals surface area contributed by atoms with Gasteiger partial charge in [0.15, 0.2) is 0 Å². The van der Waals surface area contributed by atoms with Crippen LogP contribution in [0.25, 0.3) is 0 Å². The molecule has 0 spiro atoms. The molecule has 0 aliphatic heterocycles. The average Bonchev–Trinajstić information content (AvgIpc) is 2.80. The van der Waals surface area contributed by atoms with Gasteiger partial charge in [-0.05, 0) is 30.2 Å². The van der Waals surface area contributed by atoms with Gasteiger partial charge >= 0.3 is 5.97 Å². The van der Waals surface area contributed by atoms with Crippen LogP contribution in [0.5, 0.6) is 0 Å². The van der Waals surface area contributed by atoms with Crippen molar-refractivity contribution >= 4 is 11.9 Å². The Balaban J connectivity index is 2.02. The first-order valence-corrected chi connectivity index (χ1v) is 6.26. The van der Waals surface area contributed by atoms with E-state index in [1.807, 2.05) is 0 Å². The fourth-order valence-corrected chi connectivity index (χ4v) is 2.64. The molecule has 0 radical (unpaired) electrons. The minimum atomic E-state index is -0.857. The first-order chi connectivity index (χ1) is 9.01. The summed E-state index contributed by atoms with van der Waals surface area (Å²) in [6.45, 7) is 1.79. The molecule has 1 saturated carbocycles. The highest BCUT2D eigenvalue weighted by Crippen LogP contribution is 2.33. The number of nitrogens with one attached hydrogen (secondary N) is 1. The van der Waals surface area contributed by atoms with Crippen LogP contribution in [0.15, 0.2) is 6.33 Å². The number of aromatic nitrogens is 4. The number of hydrogen-bond acceptors (Lipinski definition) is 5. The lowest BCUT2D eigenvalue weighted by Gasteiger charge is -2.39. The summed E-state index contributed by atoms with van der Waals surface area (Å²) in [4.78, 5) is 23.2. The minimum Gasteiger partial charge on any atom is -0.481 e. The molecule has 1 aromatic rings. The molecule has 1 fully saturated rings. The minimum absolute atomic E-state index is 0.00503. The summed E-state index contributed by atoms with van der Waals surface area (Å²) in [5.41, 5.74) is -0.699. The lowest BCUT2D eigenvalue weighted by Crippen LogP contribution is -2.56. The topological polar surface area (TPSA) is 110 Å². The molecule has 8 nitrogen and oxygen atoms in total. The summed E-state index contributed by atoms with van der Waals surface area (Å²) in [5, 5.41) is 22.6. The maximum absolute atomic E-state index is 11.9. The van der Waals surface area contributed by atoms with E-state index in [0.29, 0.717) is 12.8 Å². The highest BCUT2D eigenvalue weighted by molar-refractivity contribution is 5.79. The number of aliphatic carboxylic acids is 1. The number of carboxylic acids is 1. The van der Waals surface area contributed by atoms with E-state index in [2.05, 4.69) is 20.8 Å². The van der Waals surface area contributed by atoms with Gasteiger partial charge in [0.05, 0.1) is 11.5 Å². The molecular formula is C11H17N5O3. The summed E-state index contributed by atoms with van der Waals surface area (Å²) in [6.07, 6.45) is 4.42. The van der Waals surface area contributed by atoms with Gasteiger partial charge in [-0.15, -0.1) is 5.10 Å². The second-order valence-electron chi connectivity index (χ2n) is 5.11. The molecule has 104 valence electrons. The Bertz CT molecular complexity index is 461. The number of amides is 1. The van der Waals surface area contributed by atoms with E-state index in [9.17, 15) is 14.7 Å². The molecule has 1 aliphatic carbocycles. The second kappa shape index (κ2) is 5.33. The maximum atomic E-state index is 11.9. The predicted molar refractivity (Wildman–Crippen MR) is 64.0 cm³/mol. The fourth-order valence-electron chi connectivity index (χ4n) is 2.64. The summed E-state index contributed by atoms with van der Waals surface area (Å²) in [7, 11) is 0. The number of carbonyl (C=O) groups excluding carboxylic acids is 1. The van der Waals surface area contributed by atoms with Gasteiger partial charge < -0.3 is 10.4 Å². The number of rotatable bonds is 4. The molecule has 0 saturated heterocycles. The molecule has 2 unspecified atom stereocenters. The zero-order chi connectivity index (χ0) is 13.9. The van der Waals surface area contributed by atoms with Gasteiger partial charge in [-0.2, -0.15) is 0 Å². The van der Waals surface area contributed by atoms with Gasteiger partial charge in [0.25, 0.3) is 0 Å². The van der Waals surface area contributed by atoms with Crippen LogP contribution >= 0.6 is 0 Å². The summed E-state index contributed by atoms with van der Waals surface area (Å²) < 4.78 is 1.30. The Morgan fingerprint density at radius 3 is 2.95 bits per heavy atom. The molecule has 2 rings (SSSR count). The maximum Gasteiger partial charge on any atom is 0.308 e. The quantitative estimate of drug-likeness (QED) is 0.783. The van der Waals surface area contributed by atoms with E-state index in [0.717, 1.165) is 12.8 Å². The van der Waals surface area contributed by atoms with E-state index in [1.54, 1.807) is 6.92 Å². The van der Waals surface area contributed by atoms with Crippen LogP contribution in [-0.2, 0) is 16.1 Å². The Morgan fingerprint density at radius 2 is 2.32 bits per heavy atom. The first-order valence-electron chi connectivity index (χ1n) is 6.26. The second-order valence-corrected chi connectivity index (χ2v) is 5.11. The van der Waals surface area contributed by atoms with Crippen LogP contribution in [0, 0.1) is 5.92 Å². The number of carbonyl (C=O) groups is 2. The summed E-state index contributed by atoms with van der Waals surface area (Å²) >= 11 is 0. The van der Waals surface area contributed by atoms with E-state index in [4.69, 9.17) is 0 Å². The third-order valence-corrected chi connectivity index (χ3v) is 3.63. The van der Waals surface area contributed by atoms with Gasteiger partial charge in [-0.1, -0.05) is 12.8 Å². The monoisotopic (exact) mass is 267 g/mol. The summed E-state index contributed by atoms with van der Waals surface area (Å²) in [6, 6.07) is 0. The van der Waals surface area contributed by atoms with Crippen LogP contribution in [0.1, 0.15) is 32.6 Å². The van der Waals surface area contributed by atoms with Crippen molar-refractivity contribution in [2.75, 3.05) is 0 Å². The smallest absolute Gasteiger partial charge is 0.308 e. The molecule has 2 N–H and O–H groups in total. The molecule has 1 aliphatic rings. The Labute approximate surface area is 110 Å². The molecule has 1 aromatic heterocycles. The van der Waals surface area contributed by atoms with Crippen molar-refractivity contribution < 1.29 is 14.7 Å². The third-order valence-electron chi connectivity index (χ3n) is 3.63. The summed E-state index contributed by atoms with van der Waals surface area (Å²) in [5.74, 6) is -1.67. The van der Waals surface area contributed by atoms with Gasteiger partial charge in [0.1, 0.15) is 12.9 Å². The molecule has 1 heterocycles. The Kier molecular flexibility index (Phi) is 3.77. The number of hydrogen-bond donors (Lipinski definition) is 2. The standard InChI is InChI=1S/C11H17N5O3/c1-11(5-3-2-4-8(11)10(18)19)13-9(17)6-16-7-12-14-15-16/h7-8H,2-6H2,1H3,(H,13,17)(H,18,19). The molecule has 1 amide bonds. The van der Waals surface area contributed by atoms with Crippen molar-refractivity contribution in [1.82, 2.24) is 25.5 Å². The normalized spacial score (nSPS) is 26.9. The Morgan fingerprint density at radius 1 is 1.53 bits per heavy atom. The van der Waals surface area contributed by atoms with Gasteiger partial charge in [-0.3, -0.25) is 9.59 Å². The zero-order valence-corrected chi connectivity index (χ0v) is 10.7. The van der Waals surface area contributed by atoms with Crippen molar-refractivity contribution in [1.29, 1.82) is 0 Å². The van der Waals surface area contributed by atoms with E-state index >= 15 is 0 Å². The van der Waals surface area contributed by atoms with E-state index in [1.165, 1.54) is 11.0 Å². The Hall–Kier alpha value is -1.99. The van der Waals surface area contributed by atoms with Crippen LogP contribution in [0.4, 0.5) is 0 Å². The molecule has 8 heteroatoms. The average molecular weight is 267 g/mol. The lowest BCUT2D eigenvalue weighted by atomic mass is 9.74. The van der Waals surface area contributed by atoms with Gasteiger partial charge in [0, 0.05) is 0 Å². The first kappa shape index (κ1) is 13.4. The number of carboxylic acid groups (broad SMARTS) is 1. The van der Waals surface area contributed by atoms with Crippen LogP contribution < -0.4 is 5.32 Å². The largest absolute Gasteiger partial charge is 0.481 e. The van der Waals surface area contributed by atoms with Crippen molar-refractivity contribution in [3.8, 4) is 0 Å². The van der Waals surface area contributed by atoms with Crippen LogP contribution in [0.3, 0.4) is 0 Å². The van der Waals surface area contributed by atoms with Gasteiger partial charge in [-0.25, -0.2) is 4.68 Å². The van der Waals surface area contributed by atoms with Crippen molar-refractivity contribution in [3.63, 3.8) is 0 Å². The highest BCUT2D eigenvalue weighted by atomic mass is 16.4. The fraction of sp³-hybridized carbons (Fsp3) is 0.727. The van der Waals surface area contributed by atoms with Crippen LogP contribution in [-0.4, -0.2) is 42.7 Å². The van der Waals surface area contributed by atoms with E-state index in [-0.39, 0.29) is 12.5 Å². The SMILES string of the molecule is CC1(NC(=O)Cn2cnnn2)CCCCC1C(=O)O. The van der Waals surface area contributed by atoms with Crippen molar-refractivity contribution in [2.24, 2.45) is 5.92 Å². The molecular weight excluding hydrogens is 250 g/mol. The van der Waals surface area contributed by atoms with Crippen molar-refractivity contribution in [3.05, 3.63) is 6.33 Å². The molecule has 2 atom stereocenters. The zero-order valence-electron chi connectivity index (χ0n) is 10.7. The third kappa shape index (κ3) is 3.07. The van der Waals surface area contributed by atoms with E-state index < -0.39 is 17.4 Å². The molecule has 0 bridgehead atoms. The highest BCUT2D eigenvalue weighted by Gasteiger charge is 2.42. The lowest BCUT2D eigenvalue weighted by molar-refractivity contribution is -0.146. The predicted octanol–water partition coefficient (Wildman–Crippen LogP) is -0.177. The number of tetrazole rings is 1. The van der Waals surface area contributed by atoms with Gasteiger partial charge in [0.2, 0.25) is 5.91 Å². The number of nitrogens with zero attached hydrogens (tertiary/aromatic N) is 4. The molecule has 0 aromatic carbocycles.